The highest BCUT2D eigenvalue weighted by atomic mass is 35.5. The first-order valence-electron chi connectivity index (χ1n) is 11.2. The predicted molar refractivity (Wildman–Crippen MR) is 126 cm³/mol. The number of benzene rings is 1. The summed E-state index contributed by atoms with van der Waals surface area (Å²) in [5.74, 6) is -0.285. The molecule has 0 bridgehead atoms. The van der Waals surface area contributed by atoms with E-state index in [1.165, 1.54) is 29.4 Å². The van der Waals surface area contributed by atoms with E-state index in [0.717, 1.165) is 37.3 Å². The van der Waals surface area contributed by atoms with Crippen molar-refractivity contribution in [2.45, 2.75) is 43.4 Å². The Bertz CT molecular complexity index is 1050. The lowest BCUT2D eigenvalue weighted by atomic mass is 9.97. The van der Waals surface area contributed by atoms with Crippen LogP contribution in [0.4, 0.5) is 11.4 Å². The Balaban J connectivity index is 1.40. The number of anilines is 2. The largest absolute Gasteiger partial charge is 0.370 e. The number of amides is 1. The molecule has 172 valence electrons. The van der Waals surface area contributed by atoms with Gasteiger partial charge in [0.25, 0.3) is 0 Å². The van der Waals surface area contributed by atoms with E-state index in [1.54, 1.807) is 6.07 Å². The van der Waals surface area contributed by atoms with Gasteiger partial charge >= 0.3 is 0 Å². The highest BCUT2D eigenvalue weighted by molar-refractivity contribution is 7.89. The van der Waals surface area contributed by atoms with E-state index < -0.39 is 10.0 Å². The quantitative estimate of drug-likeness (QED) is 0.655. The number of halogens is 1. The molecule has 0 atom stereocenters. The van der Waals surface area contributed by atoms with E-state index in [0.29, 0.717) is 12.8 Å². The number of nitrogens with one attached hydrogen (secondary N) is 1. The SMILES string of the molecule is O=C(Nc1ccccc1N1CCCCCC1)C1CCN(S(=O)(=O)c2cccnc2Cl)CC1. The number of piperidine rings is 1. The van der Waals surface area contributed by atoms with E-state index >= 15 is 0 Å². The fraction of sp³-hybridized carbons (Fsp3) is 0.478. The number of rotatable bonds is 5. The molecule has 0 aliphatic carbocycles. The average molecular weight is 477 g/mol. The summed E-state index contributed by atoms with van der Waals surface area (Å²) in [5, 5.41) is 3.08. The van der Waals surface area contributed by atoms with Crippen LogP contribution in [0.15, 0.2) is 47.5 Å². The van der Waals surface area contributed by atoms with Crippen molar-refractivity contribution in [1.29, 1.82) is 0 Å². The molecule has 7 nitrogen and oxygen atoms in total. The monoisotopic (exact) mass is 476 g/mol. The van der Waals surface area contributed by atoms with Crippen LogP contribution < -0.4 is 10.2 Å². The van der Waals surface area contributed by atoms with Crippen molar-refractivity contribution in [2.24, 2.45) is 5.92 Å². The molecule has 2 saturated heterocycles. The van der Waals surface area contributed by atoms with Gasteiger partial charge in [-0.05, 0) is 49.9 Å². The van der Waals surface area contributed by atoms with Gasteiger partial charge in [-0.2, -0.15) is 4.31 Å². The number of carbonyl (C=O) groups excluding carboxylic acids is 1. The summed E-state index contributed by atoms with van der Waals surface area (Å²) in [6, 6.07) is 11.0. The summed E-state index contributed by atoms with van der Waals surface area (Å²) in [4.78, 5) is 19.3. The van der Waals surface area contributed by atoms with E-state index in [9.17, 15) is 13.2 Å². The van der Waals surface area contributed by atoms with Crippen LogP contribution in [0.1, 0.15) is 38.5 Å². The molecule has 1 amide bonds. The van der Waals surface area contributed by atoms with Gasteiger partial charge in [-0.15, -0.1) is 0 Å². The van der Waals surface area contributed by atoms with Gasteiger partial charge in [0, 0.05) is 38.3 Å². The molecule has 0 unspecified atom stereocenters. The van der Waals surface area contributed by atoms with Gasteiger partial charge in [-0.1, -0.05) is 36.6 Å². The number of nitrogens with zero attached hydrogens (tertiary/aromatic N) is 3. The Morgan fingerprint density at radius 1 is 0.969 bits per heavy atom. The second-order valence-electron chi connectivity index (χ2n) is 8.38. The Labute approximate surface area is 194 Å². The summed E-state index contributed by atoms with van der Waals surface area (Å²) in [7, 11) is -3.72. The number of sulfonamides is 1. The molecule has 1 aromatic carbocycles. The molecule has 0 saturated carbocycles. The van der Waals surface area contributed by atoms with E-state index in [4.69, 9.17) is 11.6 Å². The molecule has 0 spiro atoms. The van der Waals surface area contributed by atoms with Crippen LogP contribution in [-0.4, -0.2) is 49.8 Å². The van der Waals surface area contributed by atoms with Crippen LogP contribution >= 0.6 is 11.6 Å². The minimum absolute atomic E-state index is 0.0101. The van der Waals surface area contributed by atoms with Crippen molar-refractivity contribution >= 4 is 38.9 Å². The number of aromatic nitrogens is 1. The van der Waals surface area contributed by atoms with Crippen molar-refractivity contribution in [1.82, 2.24) is 9.29 Å². The van der Waals surface area contributed by atoms with Crippen LogP contribution in [0.3, 0.4) is 0 Å². The van der Waals surface area contributed by atoms with E-state index in [2.05, 4.69) is 21.3 Å². The molecule has 2 aliphatic heterocycles. The summed E-state index contributed by atoms with van der Waals surface area (Å²) in [6.45, 7) is 2.55. The van der Waals surface area contributed by atoms with Crippen LogP contribution in [0, 0.1) is 5.92 Å². The first kappa shape index (κ1) is 23.0. The van der Waals surface area contributed by atoms with Gasteiger partial charge in [0.05, 0.1) is 11.4 Å². The van der Waals surface area contributed by atoms with Crippen molar-refractivity contribution in [3.05, 3.63) is 47.7 Å². The smallest absolute Gasteiger partial charge is 0.246 e. The number of hydrogen-bond acceptors (Lipinski definition) is 5. The van der Waals surface area contributed by atoms with Gasteiger partial charge in [-0.25, -0.2) is 13.4 Å². The van der Waals surface area contributed by atoms with Gasteiger partial charge in [-0.3, -0.25) is 4.79 Å². The number of para-hydroxylation sites is 2. The molecule has 32 heavy (non-hydrogen) atoms. The van der Waals surface area contributed by atoms with Crippen molar-refractivity contribution < 1.29 is 13.2 Å². The third-order valence-corrected chi connectivity index (χ3v) is 8.62. The van der Waals surface area contributed by atoms with E-state index in [1.807, 2.05) is 18.2 Å². The van der Waals surface area contributed by atoms with Crippen LogP contribution in [0.25, 0.3) is 0 Å². The molecular formula is C23H29ClN4O3S. The standard InChI is InChI=1S/C23H29ClN4O3S/c24-22-21(10-7-13-25-22)32(30,31)28-16-11-18(12-17-28)23(29)26-19-8-3-4-9-20(19)27-14-5-1-2-6-15-27/h3-4,7-10,13,18H,1-2,5-6,11-12,14-17H2,(H,26,29). The lowest BCUT2D eigenvalue weighted by Crippen LogP contribution is -2.41. The third-order valence-electron chi connectivity index (χ3n) is 6.28. The van der Waals surface area contributed by atoms with Gasteiger partial charge < -0.3 is 10.2 Å². The predicted octanol–water partition coefficient (Wildman–Crippen LogP) is 4.15. The maximum Gasteiger partial charge on any atom is 0.246 e. The summed E-state index contributed by atoms with van der Waals surface area (Å²) >= 11 is 6.00. The maximum atomic E-state index is 13.0. The third kappa shape index (κ3) is 5.08. The van der Waals surface area contributed by atoms with E-state index in [-0.39, 0.29) is 35.0 Å². The molecule has 0 radical (unpaired) electrons. The number of pyridine rings is 1. The van der Waals surface area contributed by atoms with Crippen LogP contribution in [-0.2, 0) is 14.8 Å². The first-order chi connectivity index (χ1) is 15.5. The normalized spacial score (nSPS) is 18.8. The topological polar surface area (TPSA) is 82.6 Å². The molecule has 2 fully saturated rings. The zero-order valence-corrected chi connectivity index (χ0v) is 19.6. The lowest BCUT2D eigenvalue weighted by Gasteiger charge is -2.31. The highest BCUT2D eigenvalue weighted by Gasteiger charge is 2.33. The molecule has 2 aromatic rings. The zero-order valence-electron chi connectivity index (χ0n) is 18.0. The van der Waals surface area contributed by atoms with Gasteiger partial charge in [0.2, 0.25) is 15.9 Å². The Kier molecular flexibility index (Phi) is 7.33. The Hall–Kier alpha value is -2.16. The molecule has 1 aromatic heterocycles. The molecule has 1 N–H and O–H groups in total. The Morgan fingerprint density at radius 3 is 2.34 bits per heavy atom. The number of hydrogen-bond donors (Lipinski definition) is 1. The second kappa shape index (κ2) is 10.2. The maximum absolute atomic E-state index is 13.0. The minimum Gasteiger partial charge on any atom is -0.370 e. The minimum atomic E-state index is -3.72. The van der Waals surface area contributed by atoms with Crippen molar-refractivity contribution in [3.63, 3.8) is 0 Å². The average Bonchev–Trinajstić information content (AvgIpc) is 3.09. The summed E-state index contributed by atoms with van der Waals surface area (Å²) in [5.41, 5.74) is 1.89. The van der Waals surface area contributed by atoms with Crippen LogP contribution in [0.5, 0.6) is 0 Å². The lowest BCUT2D eigenvalue weighted by molar-refractivity contribution is -0.120. The van der Waals surface area contributed by atoms with Crippen molar-refractivity contribution in [3.8, 4) is 0 Å². The molecule has 4 rings (SSSR count). The highest BCUT2D eigenvalue weighted by Crippen LogP contribution is 2.31. The van der Waals surface area contributed by atoms with Crippen LogP contribution in [0.2, 0.25) is 5.15 Å². The number of carbonyl (C=O) groups is 1. The first-order valence-corrected chi connectivity index (χ1v) is 13.0. The van der Waals surface area contributed by atoms with Gasteiger partial charge in [0.1, 0.15) is 10.0 Å². The molecule has 3 heterocycles. The second-order valence-corrected chi connectivity index (χ2v) is 10.6. The van der Waals surface area contributed by atoms with Crippen molar-refractivity contribution in [2.75, 3.05) is 36.4 Å². The molecule has 9 heteroatoms. The fourth-order valence-electron chi connectivity index (χ4n) is 4.46. The Morgan fingerprint density at radius 2 is 1.66 bits per heavy atom. The molecule has 2 aliphatic rings. The zero-order chi connectivity index (χ0) is 22.6. The molecular weight excluding hydrogens is 448 g/mol. The summed E-state index contributed by atoms with van der Waals surface area (Å²) < 4.78 is 27.2. The van der Waals surface area contributed by atoms with Gasteiger partial charge in [0.15, 0.2) is 0 Å². The summed E-state index contributed by atoms with van der Waals surface area (Å²) in [6.07, 6.45) is 7.21. The fourth-order valence-corrected chi connectivity index (χ4v) is 6.36.